The van der Waals surface area contributed by atoms with E-state index in [0.717, 1.165) is 116 Å². The zero-order valence-electron chi connectivity index (χ0n) is 50.4. The molecule has 0 spiro atoms. The van der Waals surface area contributed by atoms with E-state index in [1.54, 1.807) is 0 Å². The fourth-order valence-electron chi connectivity index (χ4n) is 9.05. The van der Waals surface area contributed by atoms with Crippen LogP contribution in [0.25, 0.3) is 0 Å². The van der Waals surface area contributed by atoms with Gasteiger partial charge in [0, 0.05) is 19.3 Å². The molecule has 0 amide bonds. The Labute approximate surface area is 478 Å². The van der Waals surface area contributed by atoms with Gasteiger partial charge in [0.1, 0.15) is 12.7 Å². The number of esters is 3. The molecule has 0 aromatic heterocycles. The van der Waals surface area contributed by atoms with E-state index in [0.29, 0.717) is 19.3 Å². The molecule has 11 nitrogen and oxygen atoms in total. The summed E-state index contributed by atoms with van der Waals surface area (Å²) in [6.07, 6.45) is 67.4. The van der Waals surface area contributed by atoms with Crippen LogP contribution in [-0.4, -0.2) is 66.5 Å². The first-order chi connectivity index (χ1) is 38.2. The first-order valence-electron chi connectivity index (χ1n) is 32.2. The Balaban J connectivity index is 4.70. The number of hydrogen-bond acceptors (Lipinski definition) is 10. The molecule has 12 heteroatoms. The molecule has 0 heterocycles. The van der Waals surface area contributed by atoms with Crippen LogP contribution in [0.1, 0.15) is 303 Å². The predicted octanol–water partition coefficient (Wildman–Crippen LogP) is 19.5. The van der Waals surface area contributed by atoms with E-state index in [4.69, 9.17) is 23.3 Å². The number of carbonyl (C=O) groups excluding carboxylic acids is 3. The molecule has 0 saturated heterocycles. The van der Waals surface area contributed by atoms with Crippen LogP contribution in [0.5, 0.6) is 0 Å². The van der Waals surface area contributed by atoms with E-state index in [9.17, 15) is 28.9 Å². The van der Waals surface area contributed by atoms with Crippen molar-refractivity contribution in [3.63, 3.8) is 0 Å². The van der Waals surface area contributed by atoms with Gasteiger partial charge in [0.25, 0.3) is 0 Å². The SMILES string of the molecule is CC/C=C\C/C=C\C/C=C\CCCCCCCCCC(=O)OCC(COP(=O)(O)OCC(CO)OC(=O)CCCCCCC/C=C\C/C=C\CCCCC)OC(=O)CCCCCCCCCCCCCCCCCCCCC. The van der Waals surface area contributed by atoms with Crippen molar-refractivity contribution in [2.75, 3.05) is 26.4 Å². The van der Waals surface area contributed by atoms with Gasteiger partial charge in [0.15, 0.2) is 6.10 Å². The van der Waals surface area contributed by atoms with Crippen LogP contribution in [0.3, 0.4) is 0 Å². The van der Waals surface area contributed by atoms with Crippen molar-refractivity contribution in [3.8, 4) is 0 Å². The van der Waals surface area contributed by atoms with Gasteiger partial charge in [-0.1, -0.05) is 261 Å². The second kappa shape index (κ2) is 60.3. The average molecular weight is 1120 g/mol. The normalized spacial score (nSPS) is 13.7. The number of unbranched alkanes of at least 4 members (excludes halogenated alkanes) is 33. The van der Waals surface area contributed by atoms with Gasteiger partial charge < -0.3 is 24.2 Å². The summed E-state index contributed by atoms with van der Waals surface area (Å²) in [6, 6.07) is 0. The zero-order chi connectivity index (χ0) is 56.9. The smallest absolute Gasteiger partial charge is 0.462 e. The number of phosphoric acid groups is 1. The van der Waals surface area contributed by atoms with Gasteiger partial charge >= 0.3 is 25.7 Å². The third-order valence-electron chi connectivity index (χ3n) is 13.9. The van der Waals surface area contributed by atoms with Crippen LogP contribution in [0, 0.1) is 0 Å². The lowest BCUT2D eigenvalue weighted by Crippen LogP contribution is -2.30. The van der Waals surface area contributed by atoms with Crippen molar-refractivity contribution in [2.24, 2.45) is 0 Å². The Morgan fingerprint density at radius 2 is 0.667 bits per heavy atom. The first-order valence-corrected chi connectivity index (χ1v) is 33.7. The minimum atomic E-state index is -4.76. The maximum Gasteiger partial charge on any atom is 0.472 e. The molecule has 3 atom stereocenters. The van der Waals surface area contributed by atoms with Crippen LogP contribution in [0.15, 0.2) is 60.8 Å². The van der Waals surface area contributed by atoms with Crippen molar-refractivity contribution >= 4 is 25.7 Å². The Morgan fingerprint density at radius 1 is 0.372 bits per heavy atom. The molecule has 0 rings (SSSR count). The van der Waals surface area contributed by atoms with Crippen molar-refractivity contribution in [2.45, 2.75) is 315 Å². The van der Waals surface area contributed by atoms with Crippen LogP contribution in [0.2, 0.25) is 0 Å². The van der Waals surface area contributed by atoms with Gasteiger partial charge in [0.2, 0.25) is 0 Å². The predicted molar refractivity (Wildman–Crippen MR) is 325 cm³/mol. The minimum absolute atomic E-state index is 0.161. The Morgan fingerprint density at radius 3 is 1.05 bits per heavy atom. The van der Waals surface area contributed by atoms with E-state index in [2.05, 4.69) is 81.5 Å². The third kappa shape index (κ3) is 57.9. The largest absolute Gasteiger partial charge is 0.472 e. The van der Waals surface area contributed by atoms with Gasteiger partial charge in [-0.2, -0.15) is 0 Å². The Bertz CT molecular complexity index is 1540. The van der Waals surface area contributed by atoms with Crippen LogP contribution < -0.4 is 0 Å². The second-order valence-corrected chi connectivity index (χ2v) is 23.0. The fraction of sp³-hybridized carbons (Fsp3) is 0.803. The number of aliphatic hydroxyl groups excluding tert-OH is 1. The molecule has 0 aromatic rings. The summed E-state index contributed by atoms with van der Waals surface area (Å²) in [7, 11) is -4.76. The molecular formula is C66H119O11P. The molecule has 0 saturated carbocycles. The topological polar surface area (TPSA) is 155 Å². The second-order valence-electron chi connectivity index (χ2n) is 21.6. The van der Waals surface area contributed by atoms with E-state index in [-0.39, 0.29) is 25.9 Å². The summed E-state index contributed by atoms with van der Waals surface area (Å²) in [5.74, 6) is -1.47. The van der Waals surface area contributed by atoms with Gasteiger partial charge in [-0.3, -0.25) is 23.4 Å². The summed E-state index contributed by atoms with van der Waals surface area (Å²) in [5, 5.41) is 9.84. The van der Waals surface area contributed by atoms with Gasteiger partial charge in [-0.05, 0) is 83.5 Å². The van der Waals surface area contributed by atoms with Crippen LogP contribution in [0.4, 0.5) is 0 Å². The molecule has 0 radical (unpaired) electrons. The molecule has 78 heavy (non-hydrogen) atoms. The molecule has 0 aromatic carbocycles. The third-order valence-corrected chi connectivity index (χ3v) is 14.9. The van der Waals surface area contributed by atoms with Gasteiger partial charge in [-0.25, -0.2) is 4.57 Å². The number of hydrogen-bond donors (Lipinski definition) is 2. The number of aliphatic hydroxyl groups is 1. The van der Waals surface area contributed by atoms with E-state index >= 15 is 0 Å². The highest BCUT2D eigenvalue weighted by Crippen LogP contribution is 2.43. The van der Waals surface area contributed by atoms with Gasteiger partial charge in [0.05, 0.1) is 19.8 Å². The van der Waals surface area contributed by atoms with Crippen molar-refractivity contribution < 1.29 is 52.2 Å². The molecule has 0 aliphatic rings. The highest BCUT2D eigenvalue weighted by Gasteiger charge is 2.28. The zero-order valence-corrected chi connectivity index (χ0v) is 51.3. The Kier molecular flexibility index (Phi) is 58.1. The number of rotatable bonds is 60. The number of allylic oxidation sites excluding steroid dienone is 10. The lowest BCUT2D eigenvalue weighted by molar-refractivity contribution is -0.161. The van der Waals surface area contributed by atoms with Gasteiger partial charge in [-0.15, -0.1) is 0 Å². The lowest BCUT2D eigenvalue weighted by Gasteiger charge is -2.21. The van der Waals surface area contributed by atoms with Crippen molar-refractivity contribution in [1.29, 1.82) is 0 Å². The van der Waals surface area contributed by atoms with E-state index in [1.165, 1.54) is 128 Å². The molecule has 0 aliphatic heterocycles. The fourth-order valence-corrected chi connectivity index (χ4v) is 9.83. The van der Waals surface area contributed by atoms with E-state index in [1.807, 2.05) is 0 Å². The van der Waals surface area contributed by atoms with Crippen LogP contribution in [-0.2, 0) is 42.2 Å². The molecule has 454 valence electrons. The highest BCUT2D eigenvalue weighted by atomic mass is 31.2. The lowest BCUT2D eigenvalue weighted by atomic mass is 10.0. The van der Waals surface area contributed by atoms with Crippen molar-refractivity contribution in [3.05, 3.63) is 60.8 Å². The summed E-state index contributed by atoms with van der Waals surface area (Å²) >= 11 is 0. The molecule has 0 fully saturated rings. The molecule has 0 aliphatic carbocycles. The minimum Gasteiger partial charge on any atom is -0.462 e. The van der Waals surface area contributed by atoms with Crippen molar-refractivity contribution in [1.82, 2.24) is 0 Å². The molecular weight excluding hydrogens is 1000 g/mol. The number of carbonyl (C=O) groups is 3. The van der Waals surface area contributed by atoms with Crippen LogP contribution >= 0.6 is 7.82 Å². The maximum absolute atomic E-state index is 13.0. The number of ether oxygens (including phenoxy) is 3. The number of phosphoric ester groups is 1. The molecule has 0 bridgehead atoms. The highest BCUT2D eigenvalue weighted by molar-refractivity contribution is 7.47. The average Bonchev–Trinajstić information content (AvgIpc) is 3.43. The summed E-state index contributed by atoms with van der Waals surface area (Å²) < 4.78 is 39.7. The summed E-state index contributed by atoms with van der Waals surface area (Å²) in [6.45, 7) is 4.54. The monoisotopic (exact) mass is 1120 g/mol. The summed E-state index contributed by atoms with van der Waals surface area (Å²) in [5.41, 5.74) is 0. The first kappa shape index (κ1) is 75.2. The quantitative estimate of drug-likeness (QED) is 0.0197. The van der Waals surface area contributed by atoms with E-state index < -0.39 is 57.8 Å². The maximum atomic E-state index is 13.0. The standard InChI is InChI=1S/C66H119O11P/c1-4-7-10-13-16-19-22-25-28-30-31-33-36-39-42-45-48-51-54-57-66(70)77-63(59-73-64(68)55-52-49-46-43-40-37-35-32-29-26-23-20-17-14-11-8-5-2)61-75-78(71,72)74-60-62(58-67)76-65(69)56-53-50-47-44-41-38-34-27-24-21-18-15-12-9-6-3/h8,11,17-18,20-21,26-27,29,34,62-63,67H,4-7,9-10,12-16,19,22-25,28,30-33,35-61H2,1-3H3,(H,71,72)/b11-8-,20-17-,21-18-,29-26-,34-27-. The summed E-state index contributed by atoms with van der Waals surface area (Å²) in [4.78, 5) is 48.7. The molecule has 3 unspecified atom stereocenters. The molecule has 2 N–H and O–H groups in total. The Hall–Kier alpha value is -2.82.